The molecule has 3 aromatic rings. The van der Waals surface area contributed by atoms with Gasteiger partial charge in [0.05, 0.1) is 29.5 Å². The second-order valence-electron chi connectivity index (χ2n) is 7.67. The van der Waals surface area contributed by atoms with Crippen LogP contribution >= 0.6 is 23.4 Å². The van der Waals surface area contributed by atoms with Crippen LogP contribution in [0.2, 0.25) is 5.02 Å². The Balaban J connectivity index is 1.63. The number of carbonyl (C=O) groups excluding carboxylic acids is 3. The molecule has 0 fully saturated rings. The SMILES string of the molecule is CCn1c(SCC(=O)Nc2ccc(Cl)c(C(=O)OC)c2)nnc1[C@@H](C)NC(=O)c1ccc(C)cc1. The second-order valence-corrected chi connectivity index (χ2v) is 9.02. The number of hydrogen-bond donors (Lipinski definition) is 2. The number of nitrogens with zero attached hydrogens (tertiary/aromatic N) is 3. The summed E-state index contributed by atoms with van der Waals surface area (Å²) in [6, 6.07) is 11.5. The molecule has 0 aliphatic carbocycles. The Morgan fingerprint density at radius 2 is 1.86 bits per heavy atom. The van der Waals surface area contributed by atoms with E-state index < -0.39 is 5.97 Å². The molecule has 184 valence electrons. The summed E-state index contributed by atoms with van der Waals surface area (Å²) in [5, 5.41) is 14.9. The van der Waals surface area contributed by atoms with Crippen LogP contribution in [0.25, 0.3) is 0 Å². The van der Waals surface area contributed by atoms with E-state index in [9.17, 15) is 14.4 Å². The number of carbonyl (C=O) groups is 3. The molecule has 0 aliphatic rings. The largest absolute Gasteiger partial charge is 0.465 e. The molecular formula is C24H26ClN5O4S. The average Bonchev–Trinajstić information content (AvgIpc) is 3.27. The highest BCUT2D eigenvalue weighted by Gasteiger charge is 2.20. The Morgan fingerprint density at radius 1 is 1.14 bits per heavy atom. The van der Waals surface area contributed by atoms with Gasteiger partial charge in [0.1, 0.15) is 0 Å². The van der Waals surface area contributed by atoms with Gasteiger partial charge >= 0.3 is 5.97 Å². The molecule has 0 bridgehead atoms. The van der Waals surface area contributed by atoms with Crippen molar-refractivity contribution in [2.75, 3.05) is 18.2 Å². The number of benzene rings is 2. The Bertz CT molecular complexity index is 1230. The van der Waals surface area contributed by atoms with Crippen molar-refractivity contribution >= 4 is 46.8 Å². The van der Waals surface area contributed by atoms with E-state index in [-0.39, 0.29) is 34.2 Å². The standard InChI is InChI=1S/C24H26ClN5O4S/c1-5-30-21(15(3)26-22(32)16-8-6-14(2)7-9-16)28-29-24(30)35-13-20(31)27-17-10-11-19(25)18(12-17)23(33)34-4/h6-12,15H,5,13H2,1-4H3,(H,26,32)(H,27,31)/t15-/m1/s1. The molecule has 1 aromatic heterocycles. The molecule has 2 amide bonds. The van der Waals surface area contributed by atoms with Gasteiger partial charge in [0, 0.05) is 17.8 Å². The van der Waals surface area contributed by atoms with Gasteiger partial charge in [-0.3, -0.25) is 9.59 Å². The van der Waals surface area contributed by atoms with E-state index in [0.717, 1.165) is 5.56 Å². The summed E-state index contributed by atoms with van der Waals surface area (Å²) >= 11 is 7.24. The first-order valence-electron chi connectivity index (χ1n) is 10.8. The van der Waals surface area contributed by atoms with Crippen molar-refractivity contribution in [2.24, 2.45) is 0 Å². The zero-order valence-electron chi connectivity index (χ0n) is 19.8. The van der Waals surface area contributed by atoms with Crippen molar-refractivity contribution in [2.45, 2.75) is 38.5 Å². The van der Waals surface area contributed by atoms with Crippen molar-refractivity contribution < 1.29 is 19.1 Å². The molecule has 0 unspecified atom stereocenters. The summed E-state index contributed by atoms with van der Waals surface area (Å²) in [6.45, 7) is 6.30. The Kier molecular flexibility index (Phi) is 8.89. The highest BCUT2D eigenvalue weighted by atomic mass is 35.5. The third-order valence-corrected chi connectivity index (χ3v) is 6.39. The van der Waals surface area contributed by atoms with Crippen LogP contribution in [0.15, 0.2) is 47.6 Å². The molecule has 0 spiro atoms. The van der Waals surface area contributed by atoms with E-state index in [0.29, 0.717) is 28.8 Å². The molecule has 11 heteroatoms. The molecule has 1 heterocycles. The average molecular weight is 516 g/mol. The lowest BCUT2D eigenvalue weighted by atomic mass is 10.1. The first-order valence-corrected chi connectivity index (χ1v) is 12.2. The van der Waals surface area contributed by atoms with Gasteiger partial charge in [-0.2, -0.15) is 0 Å². The van der Waals surface area contributed by atoms with Crippen LogP contribution in [0.4, 0.5) is 5.69 Å². The van der Waals surface area contributed by atoms with Crippen molar-refractivity contribution in [3.05, 3.63) is 70.0 Å². The predicted octanol–water partition coefficient (Wildman–Crippen LogP) is 4.27. The van der Waals surface area contributed by atoms with Gasteiger partial charge in [-0.05, 0) is 51.1 Å². The van der Waals surface area contributed by atoms with Gasteiger partial charge in [-0.15, -0.1) is 10.2 Å². The summed E-state index contributed by atoms with van der Waals surface area (Å²) in [7, 11) is 1.26. The minimum Gasteiger partial charge on any atom is -0.465 e. The van der Waals surface area contributed by atoms with Gasteiger partial charge < -0.3 is 19.9 Å². The number of rotatable bonds is 9. The highest BCUT2D eigenvalue weighted by molar-refractivity contribution is 7.99. The Labute approximate surface area is 212 Å². The van der Waals surface area contributed by atoms with E-state index in [4.69, 9.17) is 16.3 Å². The lowest BCUT2D eigenvalue weighted by molar-refractivity contribution is -0.113. The van der Waals surface area contributed by atoms with Crippen LogP contribution in [0.3, 0.4) is 0 Å². The van der Waals surface area contributed by atoms with Crippen molar-refractivity contribution in [1.82, 2.24) is 20.1 Å². The summed E-state index contributed by atoms with van der Waals surface area (Å²) in [5.74, 6) is -0.422. The van der Waals surface area contributed by atoms with Crippen LogP contribution in [-0.2, 0) is 16.1 Å². The molecule has 0 saturated heterocycles. The maximum absolute atomic E-state index is 12.6. The molecular weight excluding hydrogens is 490 g/mol. The lowest BCUT2D eigenvalue weighted by Gasteiger charge is -2.15. The zero-order chi connectivity index (χ0) is 25.5. The summed E-state index contributed by atoms with van der Waals surface area (Å²) in [5.41, 5.74) is 2.22. The first-order chi connectivity index (χ1) is 16.7. The quantitative estimate of drug-likeness (QED) is 0.323. The maximum Gasteiger partial charge on any atom is 0.339 e. The fourth-order valence-corrected chi connectivity index (χ4v) is 4.27. The topological polar surface area (TPSA) is 115 Å². The normalized spacial score (nSPS) is 11.6. The number of aromatic nitrogens is 3. The maximum atomic E-state index is 12.6. The monoisotopic (exact) mass is 515 g/mol. The van der Waals surface area contributed by atoms with Crippen LogP contribution in [0.1, 0.15) is 52.0 Å². The third kappa shape index (κ3) is 6.61. The number of thioether (sulfide) groups is 1. The number of ether oxygens (including phenoxy) is 1. The van der Waals surface area contributed by atoms with E-state index in [1.54, 1.807) is 18.2 Å². The van der Waals surface area contributed by atoms with Crippen molar-refractivity contribution in [3.63, 3.8) is 0 Å². The van der Waals surface area contributed by atoms with Gasteiger partial charge in [-0.1, -0.05) is 41.1 Å². The van der Waals surface area contributed by atoms with Gasteiger partial charge in [-0.25, -0.2) is 4.79 Å². The Morgan fingerprint density at radius 3 is 2.51 bits per heavy atom. The smallest absolute Gasteiger partial charge is 0.339 e. The zero-order valence-corrected chi connectivity index (χ0v) is 21.4. The summed E-state index contributed by atoms with van der Waals surface area (Å²) in [6.07, 6.45) is 0. The molecule has 35 heavy (non-hydrogen) atoms. The minimum atomic E-state index is -0.590. The fraction of sp³-hybridized carbons (Fsp3) is 0.292. The second kappa shape index (κ2) is 11.9. The van der Waals surface area contributed by atoms with Crippen LogP contribution in [-0.4, -0.2) is 45.4 Å². The van der Waals surface area contributed by atoms with Gasteiger partial charge in [0.25, 0.3) is 5.91 Å². The predicted molar refractivity (Wildman–Crippen MR) is 135 cm³/mol. The number of nitrogens with one attached hydrogen (secondary N) is 2. The molecule has 1 atom stereocenters. The number of amides is 2. The minimum absolute atomic E-state index is 0.0679. The number of aryl methyl sites for hydroxylation is 1. The fourth-order valence-electron chi connectivity index (χ4n) is 3.27. The molecule has 0 saturated carbocycles. The highest BCUT2D eigenvalue weighted by Crippen LogP contribution is 2.23. The molecule has 2 aromatic carbocycles. The molecule has 2 N–H and O–H groups in total. The lowest BCUT2D eigenvalue weighted by Crippen LogP contribution is -2.28. The van der Waals surface area contributed by atoms with Gasteiger partial charge in [0.15, 0.2) is 11.0 Å². The molecule has 9 nitrogen and oxygen atoms in total. The number of halogens is 1. The first kappa shape index (κ1) is 26.2. The van der Waals surface area contributed by atoms with Crippen LogP contribution in [0.5, 0.6) is 0 Å². The van der Waals surface area contributed by atoms with Crippen molar-refractivity contribution in [1.29, 1.82) is 0 Å². The van der Waals surface area contributed by atoms with E-state index in [1.165, 1.54) is 31.0 Å². The van der Waals surface area contributed by atoms with E-state index >= 15 is 0 Å². The number of methoxy groups -OCH3 is 1. The third-order valence-electron chi connectivity index (χ3n) is 5.10. The molecule has 3 rings (SSSR count). The molecule has 0 radical (unpaired) electrons. The van der Waals surface area contributed by atoms with Crippen molar-refractivity contribution in [3.8, 4) is 0 Å². The van der Waals surface area contributed by atoms with E-state index in [1.807, 2.05) is 37.5 Å². The van der Waals surface area contributed by atoms with Gasteiger partial charge in [0.2, 0.25) is 5.91 Å². The number of esters is 1. The number of anilines is 1. The summed E-state index contributed by atoms with van der Waals surface area (Å²) in [4.78, 5) is 36.9. The van der Waals surface area contributed by atoms with Crippen LogP contribution < -0.4 is 10.6 Å². The summed E-state index contributed by atoms with van der Waals surface area (Å²) < 4.78 is 6.56. The van der Waals surface area contributed by atoms with Crippen LogP contribution in [0, 0.1) is 6.92 Å². The number of hydrogen-bond acceptors (Lipinski definition) is 7. The Hall–Kier alpha value is -3.37. The molecule has 0 aliphatic heterocycles. The van der Waals surface area contributed by atoms with E-state index in [2.05, 4.69) is 20.8 Å².